The number of nitrogens with zero attached hydrogens (tertiary/aromatic N) is 4. The summed E-state index contributed by atoms with van der Waals surface area (Å²) in [5, 5.41) is 5.71. The fraction of sp³-hybridized carbons (Fsp3) is 0.0556. The molecule has 0 N–H and O–H groups in total. The molecule has 0 fully saturated rings. The van der Waals surface area contributed by atoms with E-state index in [-0.39, 0.29) is 5.56 Å². The molecule has 0 aliphatic heterocycles. The topological polar surface area (TPSA) is 52.7 Å². The molecule has 0 amide bonds. The van der Waals surface area contributed by atoms with Gasteiger partial charge >= 0.3 is 0 Å². The summed E-state index contributed by atoms with van der Waals surface area (Å²) in [6.45, 7) is 0.356. The zero-order chi connectivity index (χ0) is 17.4. The Labute approximate surface area is 153 Å². The SMILES string of the molecule is O=c1c2cnn(-c3ccccc3)c2ncn1Cc1ccc(Cl)c(Cl)c1. The van der Waals surface area contributed by atoms with Crippen LogP contribution in [0.1, 0.15) is 5.56 Å². The van der Waals surface area contributed by atoms with Crippen LogP contribution in [0.4, 0.5) is 0 Å². The largest absolute Gasteiger partial charge is 0.294 e. The second-order valence-electron chi connectivity index (χ2n) is 5.56. The molecule has 7 heteroatoms. The second-order valence-corrected chi connectivity index (χ2v) is 6.37. The first-order valence-electron chi connectivity index (χ1n) is 7.56. The van der Waals surface area contributed by atoms with E-state index in [4.69, 9.17) is 23.2 Å². The maximum absolute atomic E-state index is 12.7. The van der Waals surface area contributed by atoms with E-state index in [0.717, 1.165) is 11.3 Å². The first-order chi connectivity index (χ1) is 12.1. The molecule has 2 aromatic carbocycles. The number of aromatic nitrogens is 4. The van der Waals surface area contributed by atoms with Crippen molar-refractivity contribution in [2.24, 2.45) is 0 Å². The van der Waals surface area contributed by atoms with E-state index < -0.39 is 0 Å². The summed E-state index contributed by atoms with van der Waals surface area (Å²) in [6.07, 6.45) is 3.07. The lowest BCUT2D eigenvalue weighted by molar-refractivity contribution is 0.745. The Hall–Kier alpha value is -2.63. The van der Waals surface area contributed by atoms with Crippen molar-refractivity contribution in [3.05, 3.63) is 87.0 Å². The van der Waals surface area contributed by atoms with Crippen molar-refractivity contribution >= 4 is 34.2 Å². The van der Waals surface area contributed by atoms with E-state index in [9.17, 15) is 4.79 Å². The van der Waals surface area contributed by atoms with Crippen LogP contribution >= 0.6 is 23.2 Å². The molecule has 2 heterocycles. The van der Waals surface area contributed by atoms with Gasteiger partial charge in [0.25, 0.3) is 5.56 Å². The Balaban J connectivity index is 1.76. The van der Waals surface area contributed by atoms with Gasteiger partial charge in [-0.3, -0.25) is 9.36 Å². The van der Waals surface area contributed by atoms with Crippen molar-refractivity contribution in [2.45, 2.75) is 6.54 Å². The van der Waals surface area contributed by atoms with Gasteiger partial charge in [-0.25, -0.2) is 9.67 Å². The number of benzene rings is 2. The van der Waals surface area contributed by atoms with Gasteiger partial charge in [-0.05, 0) is 29.8 Å². The van der Waals surface area contributed by atoms with E-state index in [0.29, 0.717) is 27.6 Å². The summed E-state index contributed by atoms with van der Waals surface area (Å²) in [4.78, 5) is 17.2. The van der Waals surface area contributed by atoms with Gasteiger partial charge in [0.15, 0.2) is 5.65 Å². The van der Waals surface area contributed by atoms with Gasteiger partial charge in [0.05, 0.1) is 28.5 Å². The van der Waals surface area contributed by atoms with Crippen LogP contribution in [0.15, 0.2) is 65.8 Å². The minimum absolute atomic E-state index is 0.154. The number of para-hydroxylation sites is 1. The average molecular weight is 371 g/mol. The molecule has 2 aromatic heterocycles. The third-order valence-electron chi connectivity index (χ3n) is 3.89. The average Bonchev–Trinajstić information content (AvgIpc) is 3.06. The number of fused-ring (bicyclic) bond motifs is 1. The van der Waals surface area contributed by atoms with Crippen molar-refractivity contribution in [1.29, 1.82) is 0 Å². The number of halogens is 2. The molecule has 4 aromatic rings. The van der Waals surface area contributed by atoms with E-state index in [1.807, 2.05) is 36.4 Å². The van der Waals surface area contributed by atoms with Crippen molar-refractivity contribution in [1.82, 2.24) is 19.3 Å². The van der Waals surface area contributed by atoms with Crippen LogP contribution in [0, 0.1) is 0 Å². The van der Waals surface area contributed by atoms with Crippen LogP contribution in [-0.2, 0) is 6.54 Å². The molecular weight excluding hydrogens is 359 g/mol. The van der Waals surface area contributed by atoms with E-state index in [1.165, 1.54) is 10.9 Å². The van der Waals surface area contributed by atoms with Crippen molar-refractivity contribution in [3.8, 4) is 5.69 Å². The Morgan fingerprint density at radius 3 is 2.56 bits per heavy atom. The number of hydrogen-bond donors (Lipinski definition) is 0. The van der Waals surface area contributed by atoms with E-state index >= 15 is 0 Å². The fourth-order valence-electron chi connectivity index (χ4n) is 2.65. The molecule has 0 saturated heterocycles. The van der Waals surface area contributed by atoms with Gasteiger partial charge in [0.2, 0.25) is 0 Å². The van der Waals surface area contributed by atoms with E-state index in [1.54, 1.807) is 23.0 Å². The molecule has 0 spiro atoms. The smallest absolute Gasteiger partial charge is 0.264 e. The highest BCUT2D eigenvalue weighted by molar-refractivity contribution is 6.42. The molecule has 0 radical (unpaired) electrons. The van der Waals surface area contributed by atoms with Gasteiger partial charge in [-0.1, -0.05) is 47.5 Å². The van der Waals surface area contributed by atoms with Gasteiger partial charge < -0.3 is 0 Å². The summed E-state index contributed by atoms with van der Waals surface area (Å²) in [6, 6.07) is 14.9. The quantitative estimate of drug-likeness (QED) is 0.548. The molecule has 25 heavy (non-hydrogen) atoms. The normalized spacial score (nSPS) is 11.1. The zero-order valence-corrected chi connectivity index (χ0v) is 14.4. The van der Waals surface area contributed by atoms with E-state index in [2.05, 4.69) is 10.1 Å². The molecule has 0 unspecified atom stereocenters. The fourth-order valence-corrected chi connectivity index (χ4v) is 2.97. The predicted molar refractivity (Wildman–Crippen MR) is 98.7 cm³/mol. The van der Waals surface area contributed by atoms with Gasteiger partial charge in [-0.15, -0.1) is 0 Å². The first-order valence-corrected chi connectivity index (χ1v) is 8.31. The summed E-state index contributed by atoms with van der Waals surface area (Å²) in [7, 11) is 0. The van der Waals surface area contributed by atoms with Crippen LogP contribution in [0.5, 0.6) is 0 Å². The lowest BCUT2D eigenvalue weighted by atomic mass is 10.2. The lowest BCUT2D eigenvalue weighted by Gasteiger charge is -2.07. The Morgan fingerprint density at radius 1 is 1.00 bits per heavy atom. The van der Waals surface area contributed by atoms with Crippen LogP contribution in [0.2, 0.25) is 10.0 Å². The highest BCUT2D eigenvalue weighted by Gasteiger charge is 2.11. The molecule has 0 atom stereocenters. The molecule has 4 rings (SSSR count). The van der Waals surface area contributed by atoms with Crippen LogP contribution in [0.25, 0.3) is 16.7 Å². The Bertz CT molecular complexity index is 1120. The lowest BCUT2D eigenvalue weighted by Crippen LogP contribution is -2.21. The third kappa shape index (κ3) is 2.92. The van der Waals surface area contributed by atoms with Gasteiger partial charge in [-0.2, -0.15) is 5.10 Å². The minimum atomic E-state index is -0.154. The molecule has 0 aliphatic rings. The standard InChI is InChI=1S/C18H12Cl2N4O/c19-15-7-6-12(8-16(15)20)10-23-11-21-17-14(18(23)25)9-22-24(17)13-4-2-1-3-5-13/h1-9,11H,10H2. The Morgan fingerprint density at radius 2 is 1.80 bits per heavy atom. The minimum Gasteiger partial charge on any atom is -0.294 e. The highest BCUT2D eigenvalue weighted by atomic mass is 35.5. The van der Waals surface area contributed by atoms with Crippen LogP contribution in [-0.4, -0.2) is 19.3 Å². The van der Waals surface area contributed by atoms with Crippen molar-refractivity contribution in [3.63, 3.8) is 0 Å². The summed E-state index contributed by atoms with van der Waals surface area (Å²) in [5.74, 6) is 0. The predicted octanol–water partition coefficient (Wildman–Crippen LogP) is 3.94. The number of rotatable bonds is 3. The second kappa shape index (κ2) is 6.35. The Kier molecular flexibility index (Phi) is 4.03. The van der Waals surface area contributed by atoms with Crippen molar-refractivity contribution < 1.29 is 0 Å². The molecule has 5 nitrogen and oxygen atoms in total. The van der Waals surface area contributed by atoms with Gasteiger partial charge in [0.1, 0.15) is 11.7 Å². The molecule has 0 bridgehead atoms. The maximum atomic E-state index is 12.7. The third-order valence-corrected chi connectivity index (χ3v) is 4.63. The molecule has 0 saturated carbocycles. The molecule has 124 valence electrons. The molecule has 0 aliphatic carbocycles. The zero-order valence-electron chi connectivity index (χ0n) is 12.9. The summed E-state index contributed by atoms with van der Waals surface area (Å²) in [5.41, 5.74) is 2.10. The highest BCUT2D eigenvalue weighted by Crippen LogP contribution is 2.23. The van der Waals surface area contributed by atoms with Crippen LogP contribution < -0.4 is 5.56 Å². The van der Waals surface area contributed by atoms with Crippen LogP contribution in [0.3, 0.4) is 0 Å². The monoisotopic (exact) mass is 370 g/mol. The maximum Gasteiger partial charge on any atom is 0.264 e. The summed E-state index contributed by atoms with van der Waals surface area (Å²) >= 11 is 12.0. The molecular formula is C18H12Cl2N4O. The van der Waals surface area contributed by atoms with Gasteiger partial charge in [0, 0.05) is 0 Å². The first kappa shape index (κ1) is 15.9. The van der Waals surface area contributed by atoms with Crippen molar-refractivity contribution in [2.75, 3.05) is 0 Å². The summed E-state index contributed by atoms with van der Waals surface area (Å²) < 4.78 is 3.18. The number of hydrogen-bond acceptors (Lipinski definition) is 3.